The summed E-state index contributed by atoms with van der Waals surface area (Å²) >= 11 is 0. The van der Waals surface area contributed by atoms with Crippen LogP contribution in [-0.2, 0) is 24.3 Å². The van der Waals surface area contributed by atoms with Crippen LogP contribution in [0.1, 0.15) is 36.2 Å². The number of rotatable bonds is 4. The molecule has 2 aromatic heterocycles. The Morgan fingerprint density at radius 2 is 1.97 bits per heavy atom. The lowest BCUT2D eigenvalue weighted by Gasteiger charge is -2.33. The first kappa shape index (κ1) is 22.2. The van der Waals surface area contributed by atoms with Gasteiger partial charge in [0.1, 0.15) is 11.6 Å². The van der Waals surface area contributed by atoms with E-state index in [0.717, 1.165) is 42.7 Å². The SMILES string of the molecule is O=C([C@@H]1CC=CCC1)N1CCc2c(cc(-c3ccc(F)cc3F)c(=O)n2Cc2ccccn2)C1. The molecule has 0 unspecified atom stereocenters. The van der Waals surface area contributed by atoms with Gasteiger partial charge in [-0.05, 0) is 55.2 Å². The van der Waals surface area contributed by atoms with Gasteiger partial charge in [0.25, 0.3) is 5.56 Å². The standard InChI is InChI=1S/C27H25F2N3O2/c28-20-9-10-22(24(29)15-20)23-14-19-16-31(26(33)18-6-2-1-3-7-18)13-11-25(19)32(27(23)34)17-21-8-4-5-12-30-21/h1-2,4-5,8-10,12,14-15,18H,3,6-7,11,13,16-17H2/t18-/m1/s1. The molecule has 0 spiro atoms. The Kier molecular flexibility index (Phi) is 6.09. The maximum atomic E-state index is 14.7. The summed E-state index contributed by atoms with van der Waals surface area (Å²) in [6.45, 7) is 1.12. The van der Waals surface area contributed by atoms with E-state index in [1.54, 1.807) is 22.9 Å². The lowest BCUT2D eigenvalue weighted by atomic mass is 9.91. The first-order chi connectivity index (χ1) is 16.5. The van der Waals surface area contributed by atoms with Gasteiger partial charge in [-0.2, -0.15) is 0 Å². The van der Waals surface area contributed by atoms with Crippen molar-refractivity contribution in [3.8, 4) is 11.1 Å². The van der Waals surface area contributed by atoms with Crippen LogP contribution >= 0.6 is 0 Å². The molecule has 0 fully saturated rings. The molecule has 7 heteroatoms. The summed E-state index contributed by atoms with van der Waals surface area (Å²) in [5, 5.41) is 0. The lowest BCUT2D eigenvalue weighted by molar-refractivity contribution is -0.136. The molecular formula is C27H25F2N3O2. The van der Waals surface area contributed by atoms with Gasteiger partial charge in [0.05, 0.1) is 17.8 Å². The highest BCUT2D eigenvalue weighted by molar-refractivity contribution is 5.79. The molecule has 0 N–H and O–H groups in total. The summed E-state index contributed by atoms with van der Waals surface area (Å²) in [6, 6.07) is 10.4. The van der Waals surface area contributed by atoms with Crippen molar-refractivity contribution in [2.45, 2.75) is 38.8 Å². The highest BCUT2D eigenvalue weighted by atomic mass is 19.1. The maximum absolute atomic E-state index is 14.7. The van der Waals surface area contributed by atoms with E-state index >= 15 is 0 Å². The fourth-order valence-corrected chi connectivity index (χ4v) is 4.90. The third kappa shape index (κ3) is 4.30. The van der Waals surface area contributed by atoms with Crippen LogP contribution in [0.15, 0.2) is 65.6 Å². The molecule has 0 saturated carbocycles. The van der Waals surface area contributed by atoms with Gasteiger partial charge in [-0.3, -0.25) is 14.6 Å². The second-order valence-electron chi connectivity index (χ2n) is 8.86. The number of amides is 1. The van der Waals surface area contributed by atoms with E-state index < -0.39 is 11.6 Å². The molecule has 3 aromatic rings. The minimum Gasteiger partial charge on any atom is -0.338 e. The summed E-state index contributed by atoms with van der Waals surface area (Å²) < 4.78 is 29.8. The van der Waals surface area contributed by atoms with E-state index in [4.69, 9.17) is 0 Å². The summed E-state index contributed by atoms with van der Waals surface area (Å²) in [5.41, 5.74) is 2.18. The molecule has 5 rings (SSSR count). The normalized spacial score (nSPS) is 17.5. The zero-order valence-electron chi connectivity index (χ0n) is 18.7. The predicted molar refractivity (Wildman–Crippen MR) is 125 cm³/mol. The van der Waals surface area contributed by atoms with Crippen LogP contribution in [0.5, 0.6) is 0 Å². The molecule has 34 heavy (non-hydrogen) atoms. The van der Waals surface area contributed by atoms with Gasteiger partial charge in [0.15, 0.2) is 0 Å². The summed E-state index contributed by atoms with van der Waals surface area (Å²) in [7, 11) is 0. The van der Waals surface area contributed by atoms with Crippen LogP contribution in [0.2, 0.25) is 0 Å². The minimum absolute atomic E-state index is 0.0278. The summed E-state index contributed by atoms with van der Waals surface area (Å²) in [4.78, 5) is 32.9. The fraction of sp³-hybridized carbons (Fsp3) is 0.296. The number of carbonyl (C=O) groups is 1. The second-order valence-corrected chi connectivity index (χ2v) is 8.86. The number of carbonyl (C=O) groups excluding carboxylic acids is 1. The Morgan fingerprint density at radius 3 is 2.71 bits per heavy atom. The van der Waals surface area contributed by atoms with Crippen molar-refractivity contribution in [3.63, 3.8) is 0 Å². The van der Waals surface area contributed by atoms with Crippen LogP contribution in [0.4, 0.5) is 8.78 Å². The maximum Gasteiger partial charge on any atom is 0.259 e. The van der Waals surface area contributed by atoms with E-state index in [1.165, 1.54) is 6.07 Å². The van der Waals surface area contributed by atoms with Crippen molar-refractivity contribution in [2.24, 2.45) is 5.92 Å². The summed E-state index contributed by atoms with van der Waals surface area (Å²) in [5.74, 6) is -1.41. The van der Waals surface area contributed by atoms with E-state index in [1.807, 2.05) is 17.0 Å². The van der Waals surface area contributed by atoms with E-state index in [-0.39, 0.29) is 35.1 Å². The molecule has 1 aromatic carbocycles. The van der Waals surface area contributed by atoms with Gasteiger partial charge in [0.2, 0.25) is 5.91 Å². The molecule has 0 saturated heterocycles. The fourth-order valence-electron chi connectivity index (χ4n) is 4.90. The van der Waals surface area contributed by atoms with Crippen molar-refractivity contribution in [1.29, 1.82) is 0 Å². The Morgan fingerprint density at radius 1 is 1.09 bits per heavy atom. The highest BCUT2D eigenvalue weighted by Crippen LogP contribution is 2.28. The van der Waals surface area contributed by atoms with Gasteiger partial charge >= 0.3 is 0 Å². The van der Waals surface area contributed by atoms with Crippen LogP contribution in [-0.4, -0.2) is 26.9 Å². The van der Waals surface area contributed by atoms with Crippen LogP contribution in [0.25, 0.3) is 11.1 Å². The van der Waals surface area contributed by atoms with Crippen molar-refractivity contribution in [2.75, 3.05) is 6.54 Å². The van der Waals surface area contributed by atoms with Gasteiger partial charge in [0, 0.05) is 48.9 Å². The van der Waals surface area contributed by atoms with Gasteiger partial charge in [-0.1, -0.05) is 18.2 Å². The largest absolute Gasteiger partial charge is 0.338 e. The molecular weight excluding hydrogens is 436 g/mol. The number of nitrogens with zero attached hydrogens (tertiary/aromatic N) is 3. The molecule has 2 aliphatic rings. The lowest BCUT2D eigenvalue weighted by Crippen LogP contribution is -2.42. The van der Waals surface area contributed by atoms with E-state index in [2.05, 4.69) is 17.1 Å². The Balaban J connectivity index is 1.58. The number of aromatic nitrogens is 2. The van der Waals surface area contributed by atoms with E-state index in [9.17, 15) is 18.4 Å². The number of benzene rings is 1. The third-order valence-corrected chi connectivity index (χ3v) is 6.67. The van der Waals surface area contributed by atoms with Crippen LogP contribution in [0, 0.1) is 17.6 Å². The number of halogens is 2. The Hall–Kier alpha value is -3.61. The number of hydrogen-bond donors (Lipinski definition) is 0. The smallest absolute Gasteiger partial charge is 0.259 e. The molecule has 0 bridgehead atoms. The molecule has 174 valence electrons. The van der Waals surface area contributed by atoms with Gasteiger partial charge in [-0.15, -0.1) is 0 Å². The molecule has 0 radical (unpaired) electrons. The summed E-state index contributed by atoms with van der Waals surface area (Å²) in [6.07, 6.45) is 8.84. The van der Waals surface area contributed by atoms with Crippen molar-refractivity contribution in [1.82, 2.24) is 14.5 Å². The number of allylic oxidation sites excluding steroid dienone is 2. The Bertz CT molecular complexity index is 1320. The van der Waals surface area contributed by atoms with E-state index in [0.29, 0.717) is 25.2 Å². The topological polar surface area (TPSA) is 55.2 Å². The zero-order chi connectivity index (χ0) is 23.7. The number of fused-ring (bicyclic) bond motifs is 1. The Labute approximate surface area is 196 Å². The quantitative estimate of drug-likeness (QED) is 0.539. The highest BCUT2D eigenvalue weighted by Gasteiger charge is 2.29. The molecule has 1 atom stereocenters. The predicted octanol–water partition coefficient (Wildman–Crippen LogP) is 4.48. The minimum atomic E-state index is -0.792. The molecule has 5 nitrogen and oxygen atoms in total. The first-order valence-electron chi connectivity index (χ1n) is 11.6. The number of hydrogen-bond acceptors (Lipinski definition) is 3. The van der Waals surface area contributed by atoms with Gasteiger partial charge in [-0.25, -0.2) is 8.78 Å². The molecule has 1 aliphatic heterocycles. The van der Waals surface area contributed by atoms with Crippen LogP contribution < -0.4 is 5.56 Å². The second kappa shape index (κ2) is 9.33. The first-order valence-corrected chi connectivity index (χ1v) is 11.6. The van der Waals surface area contributed by atoms with Crippen molar-refractivity contribution < 1.29 is 13.6 Å². The average molecular weight is 462 g/mol. The third-order valence-electron chi connectivity index (χ3n) is 6.67. The number of pyridine rings is 2. The van der Waals surface area contributed by atoms with Crippen molar-refractivity contribution >= 4 is 5.91 Å². The molecule has 1 aliphatic carbocycles. The average Bonchev–Trinajstić information content (AvgIpc) is 2.86. The van der Waals surface area contributed by atoms with Crippen molar-refractivity contribution in [3.05, 3.63) is 99.8 Å². The van der Waals surface area contributed by atoms with Crippen LogP contribution in [0.3, 0.4) is 0 Å². The van der Waals surface area contributed by atoms with Gasteiger partial charge < -0.3 is 9.47 Å². The zero-order valence-corrected chi connectivity index (χ0v) is 18.7. The monoisotopic (exact) mass is 461 g/mol. The molecule has 1 amide bonds. The molecule has 3 heterocycles.